The van der Waals surface area contributed by atoms with Gasteiger partial charge in [0.25, 0.3) is 5.91 Å². The number of likely N-dealkylation sites (N-methyl/N-ethyl adjacent to an activating group) is 1. The number of hydrogen-bond donors (Lipinski definition) is 1. The first-order valence-electron chi connectivity index (χ1n) is 8.01. The standard InChI is InChI=1S/C19H20N2O4/c1-21(2)18(22)11-13-7-9-14(10-8-13)20-19(23)17-12-24-15-5-3-4-6-16(15)25-17/h3-10,17H,11-12H2,1-2H3,(H,20,23). The van der Waals surface area contributed by atoms with Gasteiger partial charge in [-0.05, 0) is 29.8 Å². The Labute approximate surface area is 146 Å². The molecule has 1 aliphatic rings. The molecule has 0 fully saturated rings. The summed E-state index contributed by atoms with van der Waals surface area (Å²) in [7, 11) is 3.45. The molecule has 1 aliphatic heterocycles. The summed E-state index contributed by atoms with van der Waals surface area (Å²) in [5.41, 5.74) is 1.54. The van der Waals surface area contributed by atoms with E-state index in [1.54, 1.807) is 43.3 Å². The number of rotatable bonds is 4. The molecule has 0 bridgehead atoms. The Kier molecular flexibility index (Phi) is 4.88. The second kappa shape index (κ2) is 7.25. The van der Waals surface area contributed by atoms with E-state index in [2.05, 4.69) is 5.32 Å². The van der Waals surface area contributed by atoms with Crippen LogP contribution in [0.5, 0.6) is 11.5 Å². The molecular weight excluding hydrogens is 320 g/mol. The molecule has 0 aromatic heterocycles. The van der Waals surface area contributed by atoms with Gasteiger partial charge in [-0.15, -0.1) is 0 Å². The third-order valence-corrected chi connectivity index (χ3v) is 3.88. The minimum absolute atomic E-state index is 0.0307. The lowest BCUT2D eigenvalue weighted by molar-refractivity contribution is -0.128. The van der Waals surface area contributed by atoms with Gasteiger partial charge >= 0.3 is 0 Å². The smallest absolute Gasteiger partial charge is 0.269 e. The number of benzene rings is 2. The Hall–Kier alpha value is -3.02. The minimum atomic E-state index is -0.704. The van der Waals surface area contributed by atoms with E-state index in [4.69, 9.17) is 9.47 Å². The Morgan fingerprint density at radius 1 is 1.08 bits per heavy atom. The number of anilines is 1. The lowest BCUT2D eigenvalue weighted by Gasteiger charge is -2.25. The topological polar surface area (TPSA) is 67.9 Å². The Morgan fingerprint density at radius 3 is 2.44 bits per heavy atom. The number of carbonyl (C=O) groups is 2. The van der Waals surface area contributed by atoms with Crippen molar-refractivity contribution in [3.8, 4) is 11.5 Å². The molecule has 6 heteroatoms. The summed E-state index contributed by atoms with van der Waals surface area (Å²) in [6.45, 7) is 0.165. The van der Waals surface area contributed by atoms with E-state index in [1.807, 2.05) is 24.3 Å². The number of ether oxygens (including phenoxy) is 2. The van der Waals surface area contributed by atoms with E-state index < -0.39 is 6.10 Å². The monoisotopic (exact) mass is 340 g/mol. The predicted molar refractivity (Wildman–Crippen MR) is 93.8 cm³/mol. The van der Waals surface area contributed by atoms with Crippen molar-refractivity contribution >= 4 is 17.5 Å². The third-order valence-electron chi connectivity index (χ3n) is 3.88. The van der Waals surface area contributed by atoms with E-state index in [0.29, 0.717) is 23.6 Å². The van der Waals surface area contributed by atoms with Gasteiger partial charge in [-0.3, -0.25) is 9.59 Å². The molecule has 6 nitrogen and oxygen atoms in total. The van der Waals surface area contributed by atoms with Crippen LogP contribution in [-0.2, 0) is 16.0 Å². The first-order chi connectivity index (χ1) is 12.0. The number of nitrogens with zero attached hydrogens (tertiary/aromatic N) is 1. The molecule has 25 heavy (non-hydrogen) atoms. The zero-order chi connectivity index (χ0) is 17.8. The second-order valence-electron chi connectivity index (χ2n) is 6.02. The molecule has 1 heterocycles. The van der Waals surface area contributed by atoms with Crippen molar-refractivity contribution in [1.82, 2.24) is 4.90 Å². The molecule has 0 radical (unpaired) electrons. The molecule has 1 atom stereocenters. The van der Waals surface area contributed by atoms with Crippen LogP contribution < -0.4 is 14.8 Å². The molecule has 2 amide bonds. The largest absolute Gasteiger partial charge is 0.485 e. The van der Waals surface area contributed by atoms with E-state index in [9.17, 15) is 9.59 Å². The van der Waals surface area contributed by atoms with E-state index in [0.717, 1.165) is 5.56 Å². The highest BCUT2D eigenvalue weighted by atomic mass is 16.6. The molecule has 0 saturated heterocycles. The first kappa shape index (κ1) is 16.8. The highest BCUT2D eigenvalue weighted by molar-refractivity contribution is 5.94. The van der Waals surface area contributed by atoms with Crippen LogP contribution in [0.2, 0.25) is 0 Å². The van der Waals surface area contributed by atoms with Gasteiger partial charge in [0, 0.05) is 19.8 Å². The van der Waals surface area contributed by atoms with Crippen LogP contribution in [-0.4, -0.2) is 43.5 Å². The van der Waals surface area contributed by atoms with Crippen LogP contribution in [0.3, 0.4) is 0 Å². The van der Waals surface area contributed by atoms with Crippen LogP contribution >= 0.6 is 0 Å². The summed E-state index contributed by atoms with van der Waals surface area (Å²) in [5, 5.41) is 2.81. The fraction of sp³-hybridized carbons (Fsp3) is 0.263. The number of para-hydroxylation sites is 2. The van der Waals surface area contributed by atoms with Gasteiger partial charge < -0.3 is 19.7 Å². The summed E-state index contributed by atoms with van der Waals surface area (Å²) in [6.07, 6.45) is -0.373. The van der Waals surface area contributed by atoms with Crippen LogP contribution in [0.1, 0.15) is 5.56 Å². The first-order valence-corrected chi connectivity index (χ1v) is 8.01. The molecule has 2 aromatic carbocycles. The van der Waals surface area contributed by atoms with Crippen molar-refractivity contribution in [2.45, 2.75) is 12.5 Å². The molecule has 1 unspecified atom stereocenters. The van der Waals surface area contributed by atoms with Crippen LogP contribution in [0.15, 0.2) is 48.5 Å². The second-order valence-corrected chi connectivity index (χ2v) is 6.02. The zero-order valence-corrected chi connectivity index (χ0v) is 14.2. The Bertz CT molecular complexity index is 771. The maximum atomic E-state index is 12.4. The van der Waals surface area contributed by atoms with E-state index in [-0.39, 0.29) is 18.4 Å². The van der Waals surface area contributed by atoms with Gasteiger partial charge in [0.1, 0.15) is 6.61 Å². The van der Waals surface area contributed by atoms with Gasteiger partial charge in [0.15, 0.2) is 11.5 Å². The SMILES string of the molecule is CN(C)C(=O)Cc1ccc(NC(=O)C2COc3ccccc3O2)cc1. The summed E-state index contributed by atoms with van der Waals surface area (Å²) in [6, 6.07) is 14.4. The van der Waals surface area contributed by atoms with Gasteiger partial charge in [-0.2, -0.15) is 0 Å². The fourth-order valence-electron chi connectivity index (χ4n) is 2.41. The predicted octanol–water partition coefficient (Wildman–Crippen LogP) is 2.10. The number of nitrogens with one attached hydrogen (secondary N) is 1. The zero-order valence-electron chi connectivity index (χ0n) is 14.2. The molecule has 0 aliphatic carbocycles. The van der Waals surface area contributed by atoms with Crippen molar-refractivity contribution in [2.75, 3.05) is 26.0 Å². The highest BCUT2D eigenvalue weighted by Crippen LogP contribution is 2.31. The average Bonchev–Trinajstić information content (AvgIpc) is 2.62. The highest BCUT2D eigenvalue weighted by Gasteiger charge is 2.27. The Morgan fingerprint density at radius 2 is 1.76 bits per heavy atom. The third kappa shape index (κ3) is 4.09. The van der Waals surface area contributed by atoms with Gasteiger partial charge in [0.2, 0.25) is 12.0 Å². The van der Waals surface area contributed by atoms with Gasteiger partial charge in [-0.1, -0.05) is 24.3 Å². The number of amides is 2. The van der Waals surface area contributed by atoms with Crippen molar-refractivity contribution in [2.24, 2.45) is 0 Å². The molecule has 0 spiro atoms. The maximum Gasteiger partial charge on any atom is 0.269 e. The number of hydrogen-bond acceptors (Lipinski definition) is 4. The summed E-state index contributed by atoms with van der Waals surface area (Å²) < 4.78 is 11.2. The van der Waals surface area contributed by atoms with E-state index >= 15 is 0 Å². The van der Waals surface area contributed by atoms with Gasteiger partial charge in [-0.25, -0.2) is 0 Å². The summed E-state index contributed by atoms with van der Waals surface area (Å²) >= 11 is 0. The van der Waals surface area contributed by atoms with Gasteiger partial charge in [0.05, 0.1) is 6.42 Å². The lowest BCUT2D eigenvalue weighted by atomic mass is 10.1. The van der Waals surface area contributed by atoms with E-state index in [1.165, 1.54) is 0 Å². The fourth-order valence-corrected chi connectivity index (χ4v) is 2.41. The molecule has 2 aromatic rings. The number of carbonyl (C=O) groups excluding carboxylic acids is 2. The molecule has 1 N–H and O–H groups in total. The summed E-state index contributed by atoms with van der Waals surface area (Å²) in [4.78, 5) is 25.6. The minimum Gasteiger partial charge on any atom is -0.485 e. The lowest BCUT2D eigenvalue weighted by Crippen LogP contribution is -2.40. The Balaban J connectivity index is 1.59. The van der Waals surface area contributed by atoms with Crippen molar-refractivity contribution < 1.29 is 19.1 Å². The van der Waals surface area contributed by atoms with Crippen molar-refractivity contribution in [1.29, 1.82) is 0 Å². The maximum absolute atomic E-state index is 12.4. The average molecular weight is 340 g/mol. The van der Waals surface area contributed by atoms with Crippen LogP contribution in [0.4, 0.5) is 5.69 Å². The normalized spacial score (nSPS) is 15.4. The molecule has 0 saturated carbocycles. The van der Waals surface area contributed by atoms with Crippen molar-refractivity contribution in [3.05, 3.63) is 54.1 Å². The number of fused-ring (bicyclic) bond motifs is 1. The van der Waals surface area contributed by atoms with Crippen molar-refractivity contribution in [3.63, 3.8) is 0 Å². The molecule has 130 valence electrons. The molecular formula is C19H20N2O4. The van der Waals surface area contributed by atoms with Crippen LogP contribution in [0, 0.1) is 0 Å². The quantitative estimate of drug-likeness (QED) is 0.925. The summed E-state index contributed by atoms with van der Waals surface area (Å²) in [5.74, 6) is 0.961. The molecule has 3 rings (SSSR count). The van der Waals surface area contributed by atoms with Crippen LogP contribution in [0.25, 0.3) is 0 Å².